The second kappa shape index (κ2) is 46.6. The molecule has 0 radical (unpaired) electrons. The SMILES string of the molecule is CC/C=C/C=C/C=C\C=C/C=C/CCCC(CC(=O)NC(CO)C(O)CCCCCCCCCCCCC)OC(=O)CCCCCCCCCCCCCCCCCC. The van der Waals surface area contributed by atoms with Crippen LogP contribution in [0.5, 0.6) is 0 Å². The molecule has 0 aliphatic rings. The Bertz CT molecular complexity index is 1060. The number of hydrogen-bond donors (Lipinski definition) is 3. The first kappa shape index (κ1) is 56.6. The van der Waals surface area contributed by atoms with Gasteiger partial charge in [-0.15, -0.1) is 0 Å². The summed E-state index contributed by atoms with van der Waals surface area (Å²) in [6.07, 6.45) is 57.2. The van der Waals surface area contributed by atoms with Gasteiger partial charge in [-0.25, -0.2) is 0 Å². The Morgan fingerprint density at radius 1 is 0.508 bits per heavy atom. The van der Waals surface area contributed by atoms with Crippen molar-refractivity contribution < 1.29 is 24.5 Å². The fourth-order valence-electron chi connectivity index (χ4n) is 7.46. The fourth-order valence-corrected chi connectivity index (χ4v) is 7.46. The van der Waals surface area contributed by atoms with Crippen molar-refractivity contribution in [2.24, 2.45) is 0 Å². The van der Waals surface area contributed by atoms with Gasteiger partial charge in [0, 0.05) is 6.42 Å². The summed E-state index contributed by atoms with van der Waals surface area (Å²) in [7, 11) is 0. The van der Waals surface area contributed by atoms with Gasteiger partial charge in [-0.2, -0.15) is 0 Å². The van der Waals surface area contributed by atoms with Crippen LogP contribution in [0.3, 0.4) is 0 Å². The number of hydrogen-bond acceptors (Lipinski definition) is 5. The summed E-state index contributed by atoms with van der Waals surface area (Å²) >= 11 is 0. The molecule has 0 saturated carbocycles. The molecule has 3 N–H and O–H groups in total. The van der Waals surface area contributed by atoms with Gasteiger partial charge in [0.2, 0.25) is 5.91 Å². The number of rotatable bonds is 44. The molecule has 3 atom stereocenters. The van der Waals surface area contributed by atoms with Crippen molar-refractivity contribution in [1.82, 2.24) is 5.32 Å². The maximum atomic E-state index is 13.2. The van der Waals surface area contributed by atoms with Gasteiger partial charge in [-0.1, -0.05) is 248 Å². The number of carbonyl (C=O) groups is 2. The molecule has 0 rings (SSSR count). The normalized spacial score (nSPS) is 13.8. The van der Waals surface area contributed by atoms with Crippen molar-refractivity contribution in [2.75, 3.05) is 6.61 Å². The third-order valence-corrected chi connectivity index (χ3v) is 11.2. The molecular weight excluding hydrogens is 731 g/mol. The second-order valence-corrected chi connectivity index (χ2v) is 17.0. The van der Waals surface area contributed by atoms with E-state index in [-0.39, 0.29) is 24.9 Å². The van der Waals surface area contributed by atoms with E-state index in [1.165, 1.54) is 135 Å². The van der Waals surface area contributed by atoms with Crippen molar-refractivity contribution in [3.05, 3.63) is 60.8 Å². The molecule has 0 aromatic carbocycles. The summed E-state index contributed by atoms with van der Waals surface area (Å²) in [5.74, 6) is -0.542. The zero-order valence-corrected chi connectivity index (χ0v) is 38.9. The van der Waals surface area contributed by atoms with Crippen LogP contribution in [-0.2, 0) is 14.3 Å². The van der Waals surface area contributed by atoms with Gasteiger partial charge < -0.3 is 20.3 Å². The summed E-state index contributed by atoms with van der Waals surface area (Å²) in [6, 6.07) is -0.723. The highest BCUT2D eigenvalue weighted by molar-refractivity contribution is 5.77. The number of carbonyl (C=O) groups excluding carboxylic acids is 2. The van der Waals surface area contributed by atoms with Crippen LogP contribution in [0, 0.1) is 0 Å². The standard InChI is InChI=1S/C53H95NO5/c1-4-7-10-13-16-19-22-24-25-26-28-31-34-37-40-43-46-53(58)59-49(44-41-38-35-32-30-27-23-20-17-14-11-8-5-2)47-52(57)54-50(48-55)51(56)45-42-39-36-33-29-21-18-15-12-9-6-3/h8,11,14,17,20,23,27,30,32,35,49-51,55-56H,4-7,9-10,12-13,15-16,18-19,21-22,24-26,28-29,31,33-34,36-48H2,1-3H3,(H,54,57)/b11-8+,17-14+,23-20-,30-27-,35-32+. The van der Waals surface area contributed by atoms with E-state index in [0.29, 0.717) is 19.3 Å². The molecule has 59 heavy (non-hydrogen) atoms. The molecular formula is C53H95NO5. The summed E-state index contributed by atoms with van der Waals surface area (Å²) in [5.41, 5.74) is 0. The number of amides is 1. The van der Waals surface area contributed by atoms with Crippen LogP contribution in [0.2, 0.25) is 0 Å². The zero-order valence-electron chi connectivity index (χ0n) is 38.9. The molecule has 0 saturated heterocycles. The Labute approximate surface area is 365 Å². The third-order valence-electron chi connectivity index (χ3n) is 11.2. The second-order valence-electron chi connectivity index (χ2n) is 17.0. The number of ether oxygens (including phenoxy) is 1. The average Bonchev–Trinajstić information content (AvgIpc) is 3.23. The molecule has 0 fully saturated rings. The summed E-state index contributed by atoms with van der Waals surface area (Å²) in [5, 5.41) is 23.7. The van der Waals surface area contributed by atoms with Crippen LogP contribution in [0.25, 0.3) is 0 Å². The lowest BCUT2D eigenvalue weighted by Gasteiger charge is -2.24. The van der Waals surface area contributed by atoms with E-state index in [4.69, 9.17) is 4.74 Å². The van der Waals surface area contributed by atoms with Crippen molar-refractivity contribution in [1.29, 1.82) is 0 Å². The zero-order chi connectivity index (χ0) is 43.1. The highest BCUT2D eigenvalue weighted by Gasteiger charge is 2.24. The molecule has 0 heterocycles. The lowest BCUT2D eigenvalue weighted by molar-refractivity contribution is -0.151. The van der Waals surface area contributed by atoms with E-state index in [1.54, 1.807) is 0 Å². The molecule has 0 aromatic rings. The summed E-state index contributed by atoms with van der Waals surface area (Å²) in [6.45, 7) is 6.31. The van der Waals surface area contributed by atoms with Gasteiger partial charge >= 0.3 is 5.97 Å². The molecule has 6 heteroatoms. The first-order valence-corrected chi connectivity index (χ1v) is 25.1. The van der Waals surface area contributed by atoms with E-state index in [1.807, 2.05) is 48.6 Å². The molecule has 0 aliphatic carbocycles. The smallest absolute Gasteiger partial charge is 0.306 e. The van der Waals surface area contributed by atoms with Crippen LogP contribution in [0.15, 0.2) is 60.8 Å². The van der Waals surface area contributed by atoms with E-state index in [9.17, 15) is 19.8 Å². The van der Waals surface area contributed by atoms with Crippen molar-refractivity contribution in [2.45, 2.75) is 257 Å². The minimum absolute atomic E-state index is 0.0295. The van der Waals surface area contributed by atoms with Crippen molar-refractivity contribution >= 4 is 11.9 Å². The van der Waals surface area contributed by atoms with E-state index in [2.05, 4.69) is 38.2 Å². The molecule has 0 spiro atoms. The fraction of sp³-hybridized carbons (Fsp3) is 0.774. The number of aliphatic hydroxyl groups excluding tert-OH is 2. The van der Waals surface area contributed by atoms with Crippen molar-refractivity contribution in [3.8, 4) is 0 Å². The Morgan fingerprint density at radius 3 is 1.36 bits per heavy atom. The van der Waals surface area contributed by atoms with Crippen LogP contribution in [0.1, 0.15) is 239 Å². The first-order chi connectivity index (χ1) is 29.0. The Balaban J connectivity index is 4.65. The number of allylic oxidation sites excluding steroid dienone is 10. The minimum atomic E-state index is -0.805. The maximum absolute atomic E-state index is 13.2. The number of aliphatic hydroxyl groups is 2. The Hall–Kier alpha value is -2.44. The third kappa shape index (κ3) is 42.1. The molecule has 6 nitrogen and oxygen atoms in total. The van der Waals surface area contributed by atoms with Gasteiger partial charge in [0.05, 0.1) is 25.2 Å². The largest absolute Gasteiger partial charge is 0.462 e. The van der Waals surface area contributed by atoms with Gasteiger partial charge in [-0.3, -0.25) is 9.59 Å². The Kier molecular flexibility index (Phi) is 44.7. The molecule has 1 amide bonds. The summed E-state index contributed by atoms with van der Waals surface area (Å²) < 4.78 is 5.89. The molecule has 0 aliphatic heterocycles. The average molecular weight is 826 g/mol. The molecule has 3 unspecified atom stereocenters. The van der Waals surface area contributed by atoms with Gasteiger partial charge in [0.15, 0.2) is 0 Å². The van der Waals surface area contributed by atoms with Crippen LogP contribution in [0.4, 0.5) is 0 Å². The monoisotopic (exact) mass is 826 g/mol. The number of unbranched alkanes of at least 4 members (excludes halogenated alkanes) is 26. The molecule has 342 valence electrons. The van der Waals surface area contributed by atoms with Crippen LogP contribution in [-0.4, -0.2) is 46.9 Å². The predicted octanol–water partition coefficient (Wildman–Crippen LogP) is 14.8. The molecule has 0 bridgehead atoms. The first-order valence-electron chi connectivity index (χ1n) is 25.1. The van der Waals surface area contributed by atoms with Gasteiger partial charge in [0.1, 0.15) is 6.10 Å². The van der Waals surface area contributed by atoms with Crippen LogP contribution >= 0.6 is 0 Å². The Morgan fingerprint density at radius 2 is 0.915 bits per heavy atom. The van der Waals surface area contributed by atoms with Crippen LogP contribution < -0.4 is 5.32 Å². The highest BCUT2D eigenvalue weighted by atomic mass is 16.5. The maximum Gasteiger partial charge on any atom is 0.306 e. The quantitative estimate of drug-likeness (QED) is 0.0323. The summed E-state index contributed by atoms with van der Waals surface area (Å²) in [4.78, 5) is 26.1. The lowest BCUT2D eigenvalue weighted by atomic mass is 10.0. The van der Waals surface area contributed by atoms with E-state index in [0.717, 1.165) is 57.8 Å². The number of esters is 1. The minimum Gasteiger partial charge on any atom is -0.462 e. The van der Waals surface area contributed by atoms with Crippen molar-refractivity contribution in [3.63, 3.8) is 0 Å². The topological polar surface area (TPSA) is 95.9 Å². The van der Waals surface area contributed by atoms with Gasteiger partial charge in [-0.05, 0) is 38.5 Å². The highest BCUT2D eigenvalue weighted by Crippen LogP contribution is 2.17. The number of nitrogens with one attached hydrogen (secondary N) is 1. The van der Waals surface area contributed by atoms with E-state index >= 15 is 0 Å². The van der Waals surface area contributed by atoms with Gasteiger partial charge in [0.25, 0.3) is 0 Å². The molecule has 0 aromatic heterocycles. The van der Waals surface area contributed by atoms with E-state index < -0.39 is 18.2 Å². The lowest BCUT2D eigenvalue weighted by Crippen LogP contribution is -2.46. The predicted molar refractivity (Wildman–Crippen MR) is 255 cm³/mol.